The molecule has 24 heavy (non-hydrogen) atoms. The summed E-state index contributed by atoms with van der Waals surface area (Å²) in [7, 11) is 1.40. The molecule has 0 radical (unpaired) electrons. The summed E-state index contributed by atoms with van der Waals surface area (Å²) >= 11 is 0. The number of benzene rings is 3. The Labute approximate surface area is 137 Å². The van der Waals surface area contributed by atoms with Crippen LogP contribution in [-0.4, -0.2) is 18.0 Å². The molecule has 0 N–H and O–H groups in total. The first kappa shape index (κ1) is 15.5. The predicted molar refractivity (Wildman–Crippen MR) is 88.6 cm³/mol. The highest BCUT2D eigenvalue weighted by molar-refractivity contribution is 5.96. The number of nitro groups is 1. The molecular formula is C18H13NO5. The van der Waals surface area contributed by atoms with E-state index in [0.29, 0.717) is 5.56 Å². The number of ether oxygens (including phenoxy) is 2. The van der Waals surface area contributed by atoms with Crippen molar-refractivity contribution in [2.75, 3.05) is 7.11 Å². The summed E-state index contributed by atoms with van der Waals surface area (Å²) in [5.41, 5.74) is 0.166. The third-order valence-corrected chi connectivity index (χ3v) is 3.55. The quantitative estimate of drug-likeness (QED) is 0.314. The largest absolute Gasteiger partial charge is 0.493 e. The van der Waals surface area contributed by atoms with Crippen LogP contribution in [0.1, 0.15) is 10.4 Å². The molecule has 6 nitrogen and oxygen atoms in total. The van der Waals surface area contributed by atoms with Gasteiger partial charge in [0.1, 0.15) is 0 Å². The van der Waals surface area contributed by atoms with E-state index >= 15 is 0 Å². The number of carbonyl (C=O) groups excluding carboxylic acids is 1. The van der Waals surface area contributed by atoms with E-state index in [1.807, 2.05) is 30.3 Å². The van der Waals surface area contributed by atoms with E-state index < -0.39 is 10.9 Å². The first-order valence-electron chi connectivity index (χ1n) is 7.12. The summed E-state index contributed by atoms with van der Waals surface area (Å²) in [6.45, 7) is 0. The summed E-state index contributed by atoms with van der Waals surface area (Å²) in [5, 5.41) is 12.8. The smallest absolute Gasteiger partial charge is 0.343 e. The molecule has 3 aromatic carbocycles. The monoisotopic (exact) mass is 323 g/mol. The number of fused-ring (bicyclic) bond motifs is 1. The lowest BCUT2D eigenvalue weighted by Gasteiger charge is -2.09. The van der Waals surface area contributed by atoms with Gasteiger partial charge in [-0.3, -0.25) is 10.1 Å². The molecule has 0 amide bonds. The number of nitro benzene ring substituents is 1. The highest BCUT2D eigenvalue weighted by Crippen LogP contribution is 2.32. The topological polar surface area (TPSA) is 78.7 Å². The van der Waals surface area contributed by atoms with Crippen LogP contribution in [0.15, 0.2) is 60.7 Å². The lowest BCUT2D eigenvalue weighted by atomic mass is 10.1. The first-order chi connectivity index (χ1) is 11.6. The highest BCUT2D eigenvalue weighted by atomic mass is 16.6. The number of rotatable bonds is 4. The van der Waals surface area contributed by atoms with Crippen molar-refractivity contribution in [1.29, 1.82) is 0 Å². The minimum Gasteiger partial charge on any atom is -0.493 e. The molecule has 3 rings (SSSR count). The number of esters is 1. The molecule has 0 aliphatic rings. The van der Waals surface area contributed by atoms with E-state index in [-0.39, 0.29) is 17.2 Å². The van der Waals surface area contributed by atoms with Crippen molar-refractivity contribution >= 4 is 22.4 Å². The number of carbonyl (C=O) groups is 1. The molecule has 0 bridgehead atoms. The third kappa shape index (κ3) is 3.03. The van der Waals surface area contributed by atoms with E-state index in [1.165, 1.54) is 19.2 Å². The maximum atomic E-state index is 12.4. The Morgan fingerprint density at radius 1 is 0.958 bits per heavy atom. The Hall–Kier alpha value is -3.41. The van der Waals surface area contributed by atoms with Gasteiger partial charge in [0.25, 0.3) is 5.69 Å². The van der Waals surface area contributed by atoms with E-state index in [4.69, 9.17) is 9.47 Å². The third-order valence-electron chi connectivity index (χ3n) is 3.55. The maximum absolute atomic E-state index is 12.4. The van der Waals surface area contributed by atoms with E-state index in [0.717, 1.165) is 16.8 Å². The molecule has 6 heteroatoms. The lowest BCUT2D eigenvalue weighted by Crippen LogP contribution is -2.09. The van der Waals surface area contributed by atoms with Gasteiger partial charge in [-0.05, 0) is 29.0 Å². The zero-order valence-corrected chi connectivity index (χ0v) is 12.8. The van der Waals surface area contributed by atoms with Gasteiger partial charge in [-0.15, -0.1) is 0 Å². The highest BCUT2D eigenvalue weighted by Gasteiger charge is 2.17. The van der Waals surface area contributed by atoms with Crippen LogP contribution < -0.4 is 9.47 Å². The molecule has 0 aliphatic heterocycles. The van der Waals surface area contributed by atoms with Crippen LogP contribution in [0.2, 0.25) is 0 Å². The summed E-state index contributed by atoms with van der Waals surface area (Å²) in [4.78, 5) is 22.7. The van der Waals surface area contributed by atoms with E-state index in [1.54, 1.807) is 12.1 Å². The van der Waals surface area contributed by atoms with Gasteiger partial charge in [0.15, 0.2) is 11.5 Å². The van der Waals surface area contributed by atoms with Crippen LogP contribution in [0, 0.1) is 10.1 Å². The van der Waals surface area contributed by atoms with Crippen molar-refractivity contribution in [1.82, 2.24) is 0 Å². The minimum atomic E-state index is -0.612. The SMILES string of the molecule is COc1ccc([N+](=O)[O-])cc1OC(=O)c1ccc2ccccc2c1. The Balaban J connectivity index is 1.93. The van der Waals surface area contributed by atoms with Gasteiger partial charge in [0.05, 0.1) is 23.7 Å². The van der Waals surface area contributed by atoms with Crippen molar-refractivity contribution in [2.45, 2.75) is 0 Å². The fourth-order valence-corrected chi connectivity index (χ4v) is 2.33. The van der Waals surface area contributed by atoms with Crippen LogP contribution in [0.3, 0.4) is 0 Å². The molecule has 0 spiro atoms. The predicted octanol–water partition coefficient (Wildman–Crippen LogP) is 3.98. The normalized spacial score (nSPS) is 10.4. The standard InChI is InChI=1S/C18H13NO5/c1-23-16-9-8-15(19(21)22)11-17(16)24-18(20)14-7-6-12-4-2-3-5-13(12)10-14/h2-11H,1H3. The number of hydrogen-bond donors (Lipinski definition) is 0. The van der Waals surface area contributed by atoms with Gasteiger partial charge in [0.2, 0.25) is 0 Å². The van der Waals surface area contributed by atoms with E-state index in [9.17, 15) is 14.9 Å². The van der Waals surface area contributed by atoms with Crippen LogP contribution in [0.25, 0.3) is 10.8 Å². The molecule has 3 aromatic rings. The van der Waals surface area contributed by atoms with Crippen molar-refractivity contribution < 1.29 is 19.2 Å². The zero-order chi connectivity index (χ0) is 17.1. The van der Waals surface area contributed by atoms with Gasteiger partial charge in [0, 0.05) is 6.07 Å². The van der Waals surface area contributed by atoms with Crippen LogP contribution in [0.4, 0.5) is 5.69 Å². The zero-order valence-electron chi connectivity index (χ0n) is 12.8. The van der Waals surface area contributed by atoms with Crippen LogP contribution >= 0.6 is 0 Å². The molecule has 0 aromatic heterocycles. The second kappa shape index (κ2) is 6.37. The summed E-state index contributed by atoms with van der Waals surface area (Å²) in [6.07, 6.45) is 0. The van der Waals surface area contributed by atoms with Crippen LogP contribution in [-0.2, 0) is 0 Å². The Morgan fingerprint density at radius 2 is 1.71 bits per heavy atom. The average Bonchev–Trinajstić information content (AvgIpc) is 2.61. The number of non-ortho nitro benzene ring substituents is 1. The summed E-state index contributed by atoms with van der Waals surface area (Å²) in [5.74, 6) is -0.362. The molecule has 0 unspecified atom stereocenters. The van der Waals surface area contributed by atoms with Crippen molar-refractivity contribution in [3.8, 4) is 11.5 Å². The summed E-state index contributed by atoms with van der Waals surface area (Å²) in [6, 6.07) is 16.6. The average molecular weight is 323 g/mol. The number of nitrogens with zero attached hydrogens (tertiary/aromatic N) is 1. The van der Waals surface area contributed by atoms with E-state index in [2.05, 4.69) is 0 Å². The lowest BCUT2D eigenvalue weighted by molar-refractivity contribution is -0.384. The Morgan fingerprint density at radius 3 is 2.42 bits per heavy atom. The molecule has 0 aliphatic carbocycles. The molecule has 0 heterocycles. The molecule has 0 fully saturated rings. The fraction of sp³-hybridized carbons (Fsp3) is 0.0556. The van der Waals surface area contributed by atoms with Crippen molar-refractivity contribution in [3.63, 3.8) is 0 Å². The second-order valence-electron chi connectivity index (χ2n) is 5.04. The maximum Gasteiger partial charge on any atom is 0.343 e. The number of hydrogen-bond acceptors (Lipinski definition) is 5. The molecule has 120 valence electrons. The second-order valence-corrected chi connectivity index (χ2v) is 5.04. The van der Waals surface area contributed by atoms with Gasteiger partial charge in [-0.2, -0.15) is 0 Å². The van der Waals surface area contributed by atoms with Gasteiger partial charge < -0.3 is 9.47 Å². The Bertz CT molecular complexity index is 936. The fourth-order valence-electron chi connectivity index (χ4n) is 2.33. The van der Waals surface area contributed by atoms with Crippen LogP contribution in [0.5, 0.6) is 11.5 Å². The van der Waals surface area contributed by atoms with Gasteiger partial charge in [-0.1, -0.05) is 30.3 Å². The minimum absolute atomic E-state index is 0.00450. The Kier molecular flexibility index (Phi) is 4.11. The molecule has 0 atom stereocenters. The van der Waals surface area contributed by atoms with Crippen molar-refractivity contribution in [3.05, 3.63) is 76.3 Å². The number of methoxy groups -OCH3 is 1. The first-order valence-corrected chi connectivity index (χ1v) is 7.12. The summed E-state index contributed by atoms with van der Waals surface area (Å²) < 4.78 is 10.4. The van der Waals surface area contributed by atoms with Gasteiger partial charge >= 0.3 is 5.97 Å². The molecule has 0 saturated carbocycles. The van der Waals surface area contributed by atoms with Gasteiger partial charge in [-0.25, -0.2) is 4.79 Å². The van der Waals surface area contributed by atoms with Crippen molar-refractivity contribution in [2.24, 2.45) is 0 Å². The molecular weight excluding hydrogens is 310 g/mol. The molecule has 0 saturated heterocycles.